The zero-order chi connectivity index (χ0) is 8.91. The summed E-state index contributed by atoms with van der Waals surface area (Å²) < 4.78 is 9.31. The number of esters is 1. The highest BCUT2D eigenvalue weighted by molar-refractivity contribution is 5.80. The van der Waals surface area contributed by atoms with Crippen molar-refractivity contribution in [3.05, 3.63) is 0 Å². The fourth-order valence-electron chi connectivity index (χ4n) is 0.766. The Balaban J connectivity index is 4.19. The number of carbonyl (C=O) groups excluding carboxylic acids is 1. The maximum absolute atomic E-state index is 11.0. The molecule has 2 N–H and O–H groups in total. The largest absolute Gasteiger partial charge is 0.468 e. The summed E-state index contributed by atoms with van der Waals surface area (Å²) >= 11 is 0. The van der Waals surface area contributed by atoms with Gasteiger partial charge in [0.05, 0.1) is 13.7 Å². The van der Waals surface area contributed by atoms with E-state index in [-0.39, 0.29) is 6.61 Å². The summed E-state index contributed by atoms with van der Waals surface area (Å²) in [6, 6.07) is 0. The molecule has 0 saturated heterocycles. The molecule has 0 radical (unpaired) electrons. The molecular formula is C7H15NO3. The number of hydrogen-bond donors (Lipinski definition) is 1. The topological polar surface area (TPSA) is 61.5 Å². The summed E-state index contributed by atoms with van der Waals surface area (Å²) in [6.07, 6.45) is 0.507. The van der Waals surface area contributed by atoms with E-state index in [0.29, 0.717) is 6.42 Å². The summed E-state index contributed by atoms with van der Waals surface area (Å²) in [5, 5.41) is 0. The second-order valence-electron chi connectivity index (χ2n) is 2.43. The fraction of sp³-hybridized carbons (Fsp3) is 0.857. The summed E-state index contributed by atoms with van der Waals surface area (Å²) in [5.41, 5.74) is 4.68. The summed E-state index contributed by atoms with van der Waals surface area (Å²) in [5.74, 6) is -0.429. The van der Waals surface area contributed by atoms with Crippen LogP contribution in [-0.2, 0) is 14.3 Å². The van der Waals surface area contributed by atoms with E-state index < -0.39 is 11.5 Å². The summed E-state index contributed by atoms with van der Waals surface area (Å²) in [7, 11) is 2.81. The van der Waals surface area contributed by atoms with Crippen molar-refractivity contribution in [1.82, 2.24) is 0 Å². The Morgan fingerprint density at radius 1 is 1.55 bits per heavy atom. The van der Waals surface area contributed by atoms with Gasteiger partial charge in [0.1, 0.15) is 5.54 Å². The van der Waals surface area contributed by atoms with E-state index >= 15 is 0 Å². The van der Waals surface area contributed by atoms with Crippen molar-refractivity contribution in [2.24, 2.45) is 5.73 Å². The first-order chi connectivity index (χ1) is 5.10. The van der Waals surface area contributed by atoms with Gasteiger partial charge in [-0.2, -0.15) is 0 Å². The van der Waals surface area contributed by atoms with Crippen LogP contribution in [0.1, 0.15) is 13.3 Å². The van der Waals surface area contributed by atoms with Crippen LogP contribution in [0.4, 0.5) is 0 Å². The van der Waals surface area contributed by atoms with E-state index in [4.69, 9.17) is 10.5 Å². The van der Waals surface area contributed by atoms with Gasteiger partial charge in [0.15, 0.2) is 0 Å². The molecule has 0 aromatic rings. The molecule has 1 atom stereocenters. The number of nitrogens with two attached hydrogens (primary N) is 1. The van der Waals surface area contributed by atoms with Crippen molar-refractivity contribution < 1.29 is 14.3 Å². The van der Waals surface area contributed by atoms with Crippen molar-refractivity contribution in [2.45, 2.75) is 18.9 Å². The molecule has 0 heterocycles. The molecule has 0 aromatic heterocycles. The number of carbonyl (C=O) groups is 1. The Morgan fingerprint density at radius 3 is 2.36 bits per heavy atom. The number of hydrogen-bond acceptors (Lipinski definition) is 4. The molecule has 0 rings (SSSR count). The SMILES string of the molecule is CCC(N)(COC)C(=O)OC. The highest BCUT2D eigenvalue weighted by atomic mass is 16.5. The Morgan fingerprint density at radius 2 is 2.09 bits per heavy atom. The van der Waals surface area contributed by atoms with Gasteiger partial charge in [0.25, 0.3) is 0 Å². The van der Waals surface area contributed by atoms with Crippen LogP contribution in [0.3, 0.4) is 0 Å². The first-order valence-corrected chi connectivity index (χ1v) is 3.47. The van der Waals surface area contributed by atoms with Crippen LogP contribution >= 0.6 is 0 Å². The van der Waals surface area contributed by atoms with Crippen molar-refractivity contribution in [3.8, 4) is 0 Å². The van der Waals surface area contributed by atoms with E-state index in [1.807, 2.05) is 6.92 Å². The third-order valence-electron chi connectivity index (χ3n) is 1.62. The van der Waals surface area contributed by atoms with Crippen LogP contribution in [0.5, 0.6) is 0 Å². The highest BCUT2D eigenvalue weighted by Gasteiger charge is 2.32. The molecule has 4 heteroatoms. The molecule has 0 aliphatic rings. The molecule has 1 unspecified atom stereocenters. The van der Waals surface area contributed by atoms with Crippen molar-refractivity contribution >= 4 is 5.97 Å². The molecule has 0 saturated carbocycles. The zero-order valence-electron chi connectivity index (χ0n) is 7.22. The monoisotopic (exact) mass is 161 g/mol. The maximum atomic E-state index is 11.0. The maximum Gasteiger partial charge on any atom is 0.328 e. The minimum atomic E-state index is -0.983. The molecule has 66 valence electrons. The van der Waals surface area contributed by atoms with Gasteiger partial charge in [0.2, 0.25) is 0 Å². The molecule has 0 spiro atoms. The third kappa shape index (κ3) is 2.48. The normalized spacial score (nSPS) is 15.6. The lowest BCUT2D eigenvalue weighted by atomic mass is 9.99. The van der Waals surface area contributed by atoms with Crippen molar-refractivity contribution in [2.75, 3.05) is 20.8 Å². The van der Waals surface area contributed by atoms with Gasteiger partial charge in [-0.25, -0.2) is 4.79 Å². The molecule has 0 amide bonds. The quantitative estimate of drug-likeness (QED) is 0.585. The van der Waals surface area contributed by atoms with Gasteiger partial charge >= 0.3 is 5.97 Å². The fourth-order valence-corrected chi connectivity index (χ4v) is 0.766. The molecule has 4 nitrogen and oxygen atoms in total. The highest BCUT2D eigenvalue weighted by Crippen LogP contribution is 2.08. The third-order valence-corrected chi connectivity index (χ3v) is 1.62. The number of rotatable bonds is 4. The van der Waals surface area contributed by atoms with Crippen LogP contribution in [0.25, 0.3) is 0 Å². The predicted molar refractivity (Wildman–Crippen MR) is 41.1 cm³/mol. The van der Waals surface area contributed by atoms with Crippen LogP contribution in [0.15, 0.2) is 0 Å². The molecule has 0 aromatic carbocycles. The molecular weight excluding hydrogens is 146 g/mol. The molecule has 0 aliphatic heterocycles. The molecule has 0 fully saturated rings. The minimum absolute atomic E-state index is 0.191. The molecule has 0 aliphatic carbocycles. The lowest BCUT2D eigenvalue weighted by Crippen LogP contribution is -2.51. The summed E-state index contributed by atoms with van der Waals surface area (Å²) in [4.78, 5) is 11.0. The van der Waals surface area contributed by atoms with Crippen LogP contribution in [0, 0.1) is 0 Å². The Hall–Kier alpha value is -0.610. The lowest BCUT2D eigenvalue weighted by molar-refractivity contribution is -0.149. The lowest BCUT2D eigenvalue weighted by Gasteiger charge is -2.23. The first-order valence-electron chi connectivity index (χ1n) is 3.47. The van der Waals surface area contributed by atoms with E-state index in [1.165, 1.54) is 14.2 Å². The van der Waals surface area contributed by atoms with Crippen molar-refractivity contribution in [3.63, 3.8) is 0 Å². The van der Waals surface area contributed by atoms with Gasteiger partial charge in [-0.3, -0.25) is 0 Å². The van der Waals surface area contributed by atoms with E-state index in [2.05, 4.69) is 4.74 Å². The second-order valence-corrected chi connectivity index (χ2v) is 2.43. The predicted octanol–water partition coefficient (Wildman–Crippen LogP) is -0.0867. The Kier molecular flexibility index (Phi) is 4.07. The van der Waals surface area contributed by atoms with Gasteiger partial charge in [-0.1, -0.05) is 6.92 Å². The standard InChI is InChI=1S/C7H15NO3/c1-4-7(8,5-10-2)6(9)11-3/h4-5,8H2,1-3H3. The first kappa shape index (κ1) is 10.4. The zero-order valence-corrected chi connectivity index (χ0v) is 7.22. The van der Waals surface area contributed by atoms with E-state index in [9.17, 15) is 4.79 Å². The Bertz CT molecular complexity index is 138. The Labute approximate surface area is 66.7 Å². The minimum Gasteiger partial charge on any atom is -0.468 e. The molecule has 11 heavy (non-hydrogen) atoms. The number of ether oxygens (including phenoxy) is 2. The van der Waals surface area contributed by atoms with E-state index in [1.54, 1.807) is 0 Å². The van der Waals surface area contributed by atoms with E-state index in [0.717, 1.165) is 0 Å². The summed E-state index contributed by atoms with van der Waals surface area (Å²) in [6.45, 7) is 2.01. The van der Waals surface area contributed by atoms with Gasteiger partial charge < -0.3 is 15.2 Å². The van der Waals surface area contributed by atoms with Gasteiger partial charge in [-0.15, -0.1) is 0 Å². The average Bonchev–Trinajstić information content (AvgIpc) is 2.03. The van der Waals surface area contributed by atoms with Crippen LogP contribution < -0.4 is 5.73 Å². The van der Waals surface area contributed by atoms with Gasteiger partial charge in [-0.05, 0) is 6.42 Å². The van der Waals surface area contributed by atoms with Gasteiger partial charge in [0, 0.05) is 7.11 Å². The average molecular weight is 161 g/mol. The number of methoxy groups -OCH3 is 2. The second kappa shape index (κ2) is 4.31. The smallest absolute Gasteiger partial charge is 0.328 e. The van der Waals surface area contributed by atoms with Crippen LogP contribution in [-0.4, -0.2) is 32.3 Å². The van der Waals surface area contributed by atoms with Crippen LogP contribution in [0.2, 0.25) is 0 Å². The molecule has 0 bridgehead atoms. The van der Waals surface area contributed by atoms with Crippen molar-refractivity contribution in [1.29, 1.82) is 0 Å².